The summed E-state index contributed by atoms with van der Waals surface area (Å²) in [6.07, 6.45) is 0. The van der Waals surface area contributed by atoms with Crippen LogP contribution in [0.5, 0.6) is 5.75 Å². The minimum atomic E-state index is -3.72. The second-order valence-corrected chi connectivity index (χ2v) is 5.04. The average molecular weight is 242 g/mol. The third-order valence-corrected chi connectivity index (χ3v) is 2.88. The van der Waals surface area contributed by atoms with Gasteiger partial charge in [-0.2, -0.15) is 0 Å². The van der Waals surface area contributed by atoms with Gasteiger partial charge in [-0.1, -0.05) is 12.1 Å². The first-order valence-electron chi connectivity index (χ1n) is 3.17. The van der Waals surface area contributed by atoms with Crippen molar-refractivity contribution in [2.75, 3.05) is 0 Å². The molecule has 1 atom stereocenters. The summed E-state index contributed by atoms with van der Waals surface area (Å²) in [4.78, 5) is -0.197. The van der Waals surface area contributed by atoms with Crippen molar-refractivity contribution in [1.29, 1.82) is 0 Å². The quantitative estimate of drug-likeness (QED) is 0.575. The van der Waals surface area contributed by atoms with E-state index in [1.54, 1.807) is 13.0 Å². The molecule has 1 aromatic rings. The van der Waals surface area contributed by atoms with Crippen LogP contribution >= 0.6 is 0 Å². The van der Waals surface area contributed by atoms with Gasteiger partial charge in [0.05, 0.1) is 4.90 Å². The molecule has 0 fully saturated rings. The molecule has 0 aromatic heterocycles. The minimum Gasteiger partial charge on any atom is -0.766 e. The fraction of sp³-hybridized carbons (Fsp3) is 0.143. The first kappa shape index (κ1) is 14.0. The van der Waals surface area contributed by atoms with E-state index in [-0.39, 0.29) is 62.0 Å². The van der Waals surface area contributed by atoms with E-state index in [0.29, 0.717) is 5.56 Å². The van der Waals surface area contributed by atoms with Gasteiger partial charge in [-0.25, -0.2) is 0 Å². The number of aromatic hydroxyl groups is 1. The predicted molar refractivity (Wildman–Crippen MR) is 47.4 cm³/mol. The Hall–Kier alpha value is 0.986. The van der Waals surface area contributed by atoms with Crippen LogP contribution in [-0.4, -0.2) is 13.9 Å². The van der Waals surface area contributed by atoms with E-state index in [0.717, 1.165) is 0 Å². The fourth-order valence-electron chi connectivity index (χ4n) is 0.834. The van der Waals surface area contributed by atoms with E-state index in [2.05, 4.69) is 11.2 Å². The second kappa shape index (κ2) is 5.18. The van der Waals surface area contributed by atoms with Crippen LogP contribution in [0.2, 0.25) is 0 Å². The zero-order chi connectivity index (χ0) is 9.35. The molecule has 66 valence electrons. The van der Waals surface area contributed by atoms with Crippen LogP contribution in [0, 0.1) is 6.92 Å². The van der Waals surface area contributed by atoms with Crippen molar-refractivity contribution in [3.63, 3.8) is 0 Å². The van der Waals surface area contributed by atoms with Crippen molar-refractivity contribution in [1.82, 2.24) is 0 Å². The van der Waals surface area contributed by atoms with Gasteiger partial charge >= 0.3 is 51.4 Å². The van der Waals surface area contributed by atoms with Crippen molar-refractivity contribution < 1.29 is 65.3 Å². The summed E-state index contributed by atoms with van der Waals surface area (Å²) >= 11 is 4.21. The molecule has 0 aliphatic heterocycles. The second-order valence-electron chi connectivity index (χ2n) is 2.38. The third-order valence-electron chi connectivity index (χ3n) is 1.47. The van der Waals surface area contributed by atoms with E-state index in [1.807, 2.05) is 0 Å². The largest absolute Gasteiger partial charge is 1.00 e. The van der Waals surface area contributed by atoms with E-state index in [4.69, 9.17) is 0 Å². The maximum atomic E-state index is 10.9. The molecule has 1 unspecified atom stereocenters. The van der Waals surface area contributed by atoms with E-state index < -0.39 is 8.77 Å². The van der Waals surface area contributed by atoms with Crippen LogP contribution < -0.4 is 51.4 Å². The number of rotatable bonds is 1. The summed E-state index contributed by atoms with van der Waals surface area (Å²) in [6.45, 7) is 1.61. The molecule has 0 heterocycles. The van der Waals surface area contributed by atoms with Gasteiger partial charge in [0, 0.05) is 0 Å². The third kappa shape index (κ3) is 3.56. The van der Waals surface area contributed by atoms with E-state index in [1.165, 1.54) is 12.1 Å². The standard InChI is InChI=1S/C7H8O3S2.K/c1-5-3-2-4-6(7(5)8)12(9,10)11;/h2-4,8H,1H3,(H,9,10,11);/q;+1/p-1. The van der Waals surface area contributed by atoms with Gasteiger partial charge in [0.15, 0.2) is 0 Å². The molecule has 0 aliphatic rings. The van der Waals surface area contributed by atoms with Crippen LogP contribution in [0.15, 0.2) is 23.1 Å². The number of hydrogen-bond donors (Lipinski definition) is 1. The maximum Gasteiger partial charge on any atom is 1.00 e. The van der Waals surface area contributed by atoms with E-state index in [9.17, 15) is 13.9 Å². The van der Waals surface area contributed by atoms with Gasteiger partial charge in [0.25, 0.3) is 0 Å². The van der Waals surface area contributed by atoms with Crippen molar-refractivity contribution in [2.24, 2.45) is 0 Å². The van der Waals surface area contributed by atoms with Crippen LogP contribution in [0.4, 0.5) is 0 Å². The Morgan fingerprint density at radius 2 is 2.08 bits per heavy atom. The number of hydrogen-bond acceptors (Lipinski definition) is 4. The Bertz CT molecular complexity index is 400. The minimum absolute atomic E-state index is 0. The number of aryl methyl sites for hydroxylation is 1. The van der Waals surface area contributed by atoms with Crippen molar-refractivity contribution in [3.05, 3.63) is 23.8 Å². The molecule has 0 radical (unpaired) electrons. The molecular formula is C7H7KO3S2. The number of para-hydroxylation sites is 1. The van der Waals surface area contributed by atoms with Gasteiger partial charge in [0.1, 0.15) is 5.75 Å². The molecule has 0 saturated carbocycles. The van der Waals surface area contributed by atoms with Crippen LogP contribution in [0.1, 0.15) is 5.56 Å². The molecule has 6 heteroatoms. The van der Waals surface area contributed by atoms with Gasteiger partial charge < -0.3 is 9.66 Å². The Labute approximate surface area is 124 Å². The number of phenols is 1. The van der Waals surface area contributed by atoms with E-state index >= 15 is 0 Å². The van der Waals surface area contributed by atoms with Crippen molar-refractivity contribution >= 4 is 20.0 Å². The molecule has 0 bridgehead atoms. The summed E-state index contributed by atoms with van der Waals surface area (Å²) in [5, 5.41) is 9.29. The van der Waals surface area contributed by atoms with Crippen LogP contribution in [-0.2, 0) is 20.0 Å². The monoisotopic (exact) mass is 242 g/mol. The number of benzene rings is 1. The summed E-state index contributed by atoms with van der Waals surface area (Å²) in [6, 6.07) is 4.43. The fourth-order valence-corrected chi connectivity index (χ4v) is 1.88. The molecule has 3 nitrogen and oxygen atoms in total. The molecular weight excluding hydrogens is 235 g/mol. The Morgan fingerprint density at radius 1 is 1.54 bits per heavy atom. The summed E-state index contributed by atoms with van der Waals surface area (Å²) in [5.74, 6) is -0.257. The van der Waals surface area contributed by atoms with Gasteiger partial charge in [-0.3, -0.25) is 4.21 Å². The Kier molecular flexibility index (Phi) is 5.57. The molecule has 1 N–H and O–H groups in total. The molecule has 0 amide bonds. The molecule has 1 aromatic carbocycles. The molecule has 0 spiro atoms. The molecule has 1 rings (SSSR count). The topological polar surface area (TPSA) is 60.4 Å². The van der Waals surface area contributed by atoms with Gasteiger partial charge in [0.2, 0.25) is 0 Å². The van der Waals surface area contributed by atoms with Crippen molar-refractivity contribution in [2.45, 2.75) is 11.8 Å². The zero-order valence-corrected chi connectivity index (χ0v) is 12.1. The summed E-state index contributed by atoms with van der Waals surface area (Å²) in [5.41, 5.74) is 0.501. The number of phenolic OH excluding ortho intramolecular Hbond substituents is 1. The summed E-state index contributed by atoms with van der Waals surface area (Å²) in [7, 11) is -3.72. The average Bonchev–Trinajstić information content (AvgIpc) is 1.92. The normalized spacial score (nSPS) is 14.3. The van der Waals surface area contributed by atoms with Crippen LogP contribution in [0.3, 0.4) is 0 Å². The van der Waals surface area contributed by atoms with Gasteiger partial charge in [-0.05, 0) is 38.5 Å². The SMILES string of the molecule is Cc1cccc(S(=O)([O-])=S)c1O.[K+]. The molecule has 0 saturated heterocycles. The Balaban J connectivity index is 0.00000144. The maximum absolute atomic E-state index is 10.9. The summed E-state index contributed by atoms with van der Waals surface area (Å²) < 4.78 is 21.7. The predicted octanol–water partition coefficient (Wildman–Crippen LogP) is -2.06. The van der Waals surface area contributed by atoms with Crippen LogP contribution in [0.25, 0.3) is 0 Å². The first-order chi connectivity index (χ1) is 5.43. The zero-order valence-electron chi connectivity index (χ0n) is 7.31. The molecule has 13 heavy (non-hydrogen) atoms. The molecule has 0 aliphatic carbocycles. The van der Waals surface area contributed by atoms with Gasteiger partial charge in [-0.15, -0.1) is 0 Å². The van der Waals surface area contributed by atoms with Crippen molar-refractivity contribution in [3.8, 4) is 5.75 Å². The first-order valence-corrected chi connectivity index (χ1v) is 5.58. The Morgan fingerprint density at radius 3 is 2.46 bits per heavy atom. The smallest absolute Gasteiger partial charge is 0.766 e.